The van der Waals surface area contributed by atoms with Crippen LogP contribution in [-0.4, -0.2) is 23.6 Å². The number of methoxy groups -OCH3 is 1. The fraction of sp³-hybridized carbons (Fsp3) is 0.118. The molecular formula is C17H13FN2O3S. The van der Waals surface area contributed by atoms with E-state index in [-0.39, 0.29) is 12.1 Å². The second kappa shape index (κ2) is 6.76. The number of para-hydroxylation sites is 1. The molecule has 0 fully saturated rings. The number of hydrogen-bond donors (Lipinski definition) is 0. The Morgan fingerprint density at radius 2 is 2.00 bits per heavy atom. The van der Waals surface area contributed by atoms with Gasteiger partial charge in [0.2, 0.25) is 0 Å². The van der Waals surface area contributed by atoms with Crippen molar-refractivity contribution in [2.75, 3.05) is 7.11 Å². The van der Waals surface area contributed by atoms with Gasteiger partial charge in [0.25, 0.3) is 5.91 Å². The number of benzene rings is 2. The lowest BCUT2D eigenvalue weighted by atomic mass is 10.2. The molecule has 24 heavy (non-hydrogen) atoms. The molecule has 0 unspecified atom stereocenters. The molecule has 122 valence electrons. The molecular weight excluding hydrogens is 331 g/mol. The first-order valence-corrected chi connectivity index (χ1v) is 7.90. The van der Waals surface area contributed by atoms with Crippen molar-refractivity contribution in [3.05, 3.63) is 64.7 Å². The summed E-state index contributed by atoms with van der Waals surface area (Å²) in [6, 6.07) is 12.7. The number of hydrogen-bond acceptors (Lipinski definition) is 4. The summed E-state index contributed by atoms with van der Waals surface area (Å²) in [4.78, 5) is 28.4. The summed E-state index contributed by atoms with van der Waals surface area (Å²) >= 11 is 1.28. The first-order chi connectivity index (χ1) is 11.6. The molecule has 1 aromatic heterocycles. The first-order valence-electron chi connectivity index (χ1n) is 7.08. The second-order valence-corrected chi connectivity index (χ2v) is 5.95. The van der Waals surface area contributed by atoms with Crippen LogP contribution in [0.3, 0.4) is 0 Å². The van der Waals surface area contributed by atoms with E-state index in [0.29, 0.717) is 4.80 Å². The maximum Gasteiger partial charge on any atom is 0.325 e. The van der Waals surface area contributed by atoms with Gasteiger partial charge >= 0.3 is 5.97 Å². The number of fused-ring (bicyclic) bond motifs is 1. The molecule has 0 N–H and O–H groups in total. The minimum atomic E-state index is -0.570. The van der Waals surface area contributed by atoms with Crippen LogP contribution >= 0.6 is 11.3 Å². The van der Waals surface area contributed by atoms with Crippen molar-refractivity contribution < 1.29 is 18.7 Å². The number of ether oxygens (including phenoxy) is 1. The summed E-state index contributed by atoms with van der Waals surface area (Å²) in [5.41, 5.74) is 0.927. The third-order valence-electron chi connectivity index (χ3n) is 3.37. The van der Waals surface area contributed by atoms with Gasteiger partial charge in [-0.15, -0.1) is 0 Å². The Morgan fingerprint density at radius 3 is 2.75 bits per heavy atom. The molecule has 2 aromatic carbocycles. The van der Waals surface area contributed by atoms with Crippen molar-refractivity contribution in [3.63, 3.8) is 0 Å². The minimum absolute atomic E-state index is 0.0597. The molecule has 0 spiro atoms. The molecule has 0 bridgehead atoms. The van der Waals surface area contributed by atoms with Crippen molar-refractivity contribution in [2.45, 2.75) is 6.54 Å². The van der Waals surface area contributed by atoms with Crippen LogP contribution in [0.15, 0.2) is 53.5 Å². The highest BCUT2D eigenvalue weighted by Gasteiger charge is 2.12. The number of rotatable bonds is 3. The van der Waals surface area contributed by atoms with Gasteiger partial charge in [-0.2, -0.15) is 4.99 Å². The van der Waals surface area contributed by atoms with E-state index in [9.17, 15) is 14.0 Å². The van der Waals surface area contributed by atoms with E-state index in [1.807, 2.05) is 24.3 Å². The van der Waals surface area contributed by atoms with E-state index in [4.69, 9.17) is 4.74 Å². The third-order valence-corrected chi connectivity index (χ3v) is 4.43. The summed E-state index contributed by atoms with van der Waals surface area (Å²) < 4.78 is 20.5. The van der Waals surface area contributed by atoms with Crippen LogP contribution < -0.4 is 4.80 Å². The number of aromatic nitrogens is 1. The highest BCUT2D eigenvalue weighted by atomic mass is 32.1. The van der Waals surface area contributed by atoms with Crippen molar-refractivity contribution in [1.29, 1.82) is 0 Å². The van der Waals surface area contributed by atoms with E-state index < -0.39 is 17.7 Å². The van der Waals surface area contributed by atoms with Gasteiger partial charge in [0.15, 0.2) is 4.80 Å². The number of nitrogens with zero attached hydrogens (tertiary/aromatic N) is 2. The molecule has 0 aliphatic heterocycles. The molecule has 1 heterocycles. The van der Waals surface area contributed by atoms with Gasteiger partial charge in [0.05, 0.1) is 17.3 Å². The Morgan fingerprint density at radius 1 is 1.21 bits per heavy atom. The largest absolute Gasteiger partial charge is 0.468 e. The van der Waals surface area contributed by atoms with E-state index >= 15 is 0 Å². The SMILES string of the molecule is COC(=O)Cn1c(=NC(=O)c2cccc(F)c2)sc2ccccc21. The summed E-state index contributed by atoms with van der Waals surface area (Å²) in [7, 11) is 1.30. The topological polar surface area (TPSA) is 60.7 Å². The van der Waals surface area contributed by atoms with E-state index in [1.165, 1.54) is 36.6 Å². The van der Waals surface area contributed by atoms with Crippen LogP contribution in [0.2, 0.25) is 0 Å². The van der Waals surface area contributed by atoms with Gasteiger partial charge in [-0.1, -0.05) is 29.5 Å². The van der Waals surface area contributed by atoms with Crippen LogP contribution in [-0.2, 0) is 16.1 Å². The maximum atomic E-state index is 13.3. The van der Waals surface area contributed by atoms with Crippen LogP contribution in [0.5, 0.6) is 0 Å². The van der Waals surface area contributed by atoms with Gasteiger partial charge in [-0.25, -0.2) is 4.39 Å². The molecule has 7 heteroatoms. The monoisotopic (exact) mass is 344 g/mol. The van der Waals surface area contributed by atoms with Crippen LogP contribution in [0, 0.1) is 5.82 Å². The van der Waals surface area contributed by atoms with Crippen LogP contribution in [0.4, 0.5) is 4.39 Å². The Bertz CT molecular complexity index is 991. The summed E-state index contributed by atoms with van der Waals surface area (Å²) in [6.45, 7) is -0.0597. The average molecular weight is 344 g/mol. The zero-order valence-electron chi connectivity index (χ0n) is 12.7. The maximum absolute atomic E-state index is 13.3. The molecule has 0 saturated carbocycles. The lowest BCUT2D eigenvalue weighted by Gasteiger charge is -2.03. The number of halogens is 1. The van der Waals surface area contributed by atoms with Crippen molar-refractivity contribution in [1.82, 2.24) is 4.57 Å². The predicted octanol–water partition coefficient (Wildman–Crippen LogP) is 2.76. The Labute approximate surface area is 140 Å². The number of carbonyl (C=O) groups is 2. The number of thiazole rings is 1. The Kier molecular flexibility index (Phi) is 4.52. The summed E-state index contributed by atoms with van der Waals surface area (Å²) in [5.74, 6) is -1.52. The molecule has 0 aliphatic rings. The van der Waals surface area contributed by atoms with E-state index in [0.717, 1.165) is 16.3 Å². The molecule has 0 saturated heterocycles. The normalized spacial score (nSPS) is 11.7. The zero-order valence-corrected chi connectivity index (χ0v) is 13.5. The zero-order chi connectivity index (χ0) is 17.1. The van der Waals surface area contributed by atoms with Gasteiger partial charge in [0.1, 0.15) is 12.4 Å². The highest BCUT2D eigenvalue weighted by molar-refractivity contribution is 7.16. The lowest BCUT2D eigenvalue weighted by molar-refractivity contribution is -0.141. The quantitative estimate of drug-likeness (QED) is 0.687. The van der Waals surface area contributed by atoms with Gasteiger partial charge in [-0.3, -0.25) is 9.59 Å². The van der Waals surface area contributed by atoms with Crippen molar-refractivity contribution in [3.8, 4) is 0 Å². The van der Waals surface area contributed by atoms with Gasteiger partial charge in [-0.05, 0) is 30.3 Å². The molecule has 3 rings (SSSR count). The number of amides is 1. The smallest absolute Gasteiger partial charge is 0.325 e. The van der Waals surface area contributed by atoms with Crippen molar-refractivity contribution in [2.24, 2.45) is 4.99 Å². The number of carbonyl (C=O) groups excluding carboxylic acids is 2. The van der Waals surface area contributed by atoms with Crippen LogP contribution in [0.1, 0.15) is 10.4 Å². The molecule has 5 nitrogen and oxygen atoms in total. The van der Waals surface area contributed by atoms with E-state index in [1.54, 1.807) is 4.57 Å². The molecule has 1 amide bonds. The number of esters is 1. The molecule has 3 aromatic rings. The van der Waals surface area contributed by atoms with Crippen LogP contribution in [0.25, 0.3) is 10.2 Å². The second-order valence-electron chi connectivity index (χ2n) is 4.94. The predicted molar refractivity (Wildman–Crippen MR) is 88.1 cm³/mol. The first kappa shape index (κ1) is 16.1. The third kappa shape index (κ3) is 3.26. The summed E-state index contributed by atoms with van der Waals surface area (Å²) in [6.07, 6.45) is 0. The summed E-state index contributed by atoms with van der Waals surface area (Å²) in [5, 5.41) is 0. The Hall–Kier alpha value is -2.80. The fourth-order valence-electron chi connectivity index (χ4n) is 2.23. The standard InChI is InChI=1S/C17H13FN2O3S/c1-23-15(21)10-20-13-7-2-3-8-14(13)24-17(20)19-16(22)11-5-4-6-12(18)9-11/h2-9H,10H2,1H3. The van der Waals surface area contributed by atoms with Crippen molar-refractivity contribution >= 4 is 33.4 Å². The molecule has 0 radical (unpaired) electrons. The minimum Gasteiger partial charge on any atom is -0.468 e. The highest BCUT2D eigenvalue weighted by Crippen LogP contribution is 2.17. The Balaban J connectivity index is 2.12. The van der Waals surface area contributed by atoms with E-state index in [2.05, 4.69) is 4.99 Å². The molecule has 0 atom stereocenters. The fourth-order valence-corrected chi connectivity index (χ4v) is 3.25. The molecule has 0 aliphatic carbocycles. The van der Waals surface area contributed by atoms with Gasteiger partial charge in [0, 0.05) is 5.56 Å². The lowest BCUT2D eigenvalue weighted by Crippen LogP contribution is -2.22. The van der Waals surface area contributed by atoms with Gasteiger partial charge < -0.3 is 9.30 Å². The average Bonchev–Trinajstić information content (AvgIpc) is 2.92.